The molecule has 0 bridgehead atoms. The molecule has 2 heterocycles. The molecule has 0 amide bonds. The molecule has 1 aliphatic carbocycles. The van der Waals surface area contributed by atoms with E-state index >= 15 is 0 Å². The first kappa shape index (κ1) is 13.8. The van der Waals surface area contributed by atoms with Crippen molar-refractivity contribution in [2.24, 2.45) is 5.92 Å². The average molecular weight is 275 g/mol. The average Bonchev–Trinajstić information content (AvgIpc) is 2.51. The molecule has 4 nitrogen and oxygen atoms in total. The number of likely N-dealkylation sites (tertiary alicyclic amines) is 1. The van der Waals surface area contributed by atoms with Gasteiger partial charge in [0.1, 0.15) is 0 Å². The van der Waals surface area contributed by atoms with Gasteiger partial charge in [-0.15, -0.1) is 0 Å². The molecule has 1 saturated heterocycles. The first-order chi connectivity index (χ1) is 9.83. The first-order valence-electron chi connectivity index (χ1n) is 8.07. The van der Waals surface area contributed by atoms with Gasteiger partial charge < -0.3 is 4.90 Å². The van der Waals surface area contributed by atoms with Gasteiger partial charge in [0.25, 0.3) is 5.56 Å². The van der Waals surface area contributed by atoms with E-state index in [-0.39, 0.29) is 5.56 Å². The highest BCUT2D eigenvalue weighted by atomic mass is 16.1. The monoisotopic (exact) mass is 275 g/mol. The Morgan fingerprint density at radius 1 is 1.10 bits per heavy atom. The highest BCUT2D eigenvalue weighted by Gasteiger charge is 2.26. The predicted octanol–water partition coefficient (Wildman–Crippen LogP) is 2.29. The van der Waals surface area contributed by atoms with Crippen molar-refractivity contribution in [3.05, 3.63) is 28.9 Å². The second-order valence-electron chi connectivity index (χ2n) is 6.34. The Bertz CT molecular complexity index is 471. The van der Waals surface area contributed by atoms with Crippen molar-refractivity contribution in [3.8, 4) is 0 Å². The molecule has 2 fully saturated rings. The zero-order valence-electron chi connectivity index (χ0n) is 12.2. The van der Waals surface area contributed by atoms with E-state index in [1.165, 1.54) is 58.0 Å². The molecule has 4 heteroatoms. The van der Waals surface area contributed by atoms with E-state index in [0.29, 0.717) is 5.92 Å². The SMILES string of the molecule is O=c1ccncn1CC1CCN(C2CCCCC2)CC1. The normalized spacial score (nSPS) is 23.0. The maximum absolute atomic E-state index is 11.7. The van der Waals surface area contributed by atoms with Crippen LogP contribution >= 0.6 is 0 Å². The van der Waals surface area contributed by atoms with Crippen molar-refractivity contribution in [2.75, 3.05) is 13.1 Å². The molecular formula is C16H25N3O. The summed E-state index contributed by atoms with van der Waals surface area (Å²) in [5.74, 6) is 0.636. The molecule has 0 radical (unpaired) electrons. The number of aromatic nitrogens is 2. The summed E-state index contributed by atoms with van der Waals surface area (Å²) < 4.78 is 1.76. The summed E-state index contributed by atoms with van der Waals surface area (Å²) >= 11 is 0. The fourth-order valence-corrected chi connectivity index (χ4v) is 3.74. The molecule has 1 aliphatic heterocycles. The molecule has 2 aliphatic rings. The van der Waals surface area contributed by atoms with E-state index in [4.69, 9.17) is 0 Å². The number of nitrogens with zero attached hydrogens (tertiary/aromatic N) is 3. The molecule has 0 unspecified atom stereocenters. The van der Waals surface area contributed by atoms with E-state index in [1.54, 1.807) is 23.2 Å². The third-order valence-corrected chi connectivity index (χ3v) is 4.99. The number of piperidine rings is 1. The summed E-state index contributed by atoms with van der Waals surface area (Å²) in [5, 5.41) is 0. The van der Waals surface area contributed by atoms with Gasteiger partial charge in [-0.1, -0.05) is 19.3 Å². The van der Waals surface area contributed by atoms with Crippen LogP contribution in [0.5, 0.6) is 0 Å². The van der Waals surface area contributed by atoms with Crippen LogP contribution in [0.1, 0.15) is 44.9 Å². The van der Waals surface area contributed by atoms with Crippen LogP contribution in [0.4, 0.5) is 0 Å². The quantitative estimate of drug-likeness (QED) is 0.849. The smallest absolute Gasteiger partial charge is 0.253 e. The Hall–Kier alpha value is -1.16. The van der Waals surface area contributed by atoms with E-state index < -0.39 is 0 Å². The van der Waals surface area contributed by atoms with Crippen molar-refractivity contribution < 1.29 is 0 Å². The minimum Gasteiger partial charge on any atom is -0.300 e. The summed E-state index contributed by atoms with van der Waals surface area (Å²) in [4.78, 5) is 18.5. The first-order valence-corrected chi connectivity index (χ1v) is 8.07. The largest absolute Gasteiger partial charge is 0.300 e. The lowest BCUT2D eigenvalue weighted by atomic mass is 9.90. The van der Waals surface area contributed by atoms with Gasteiger partial charge in [0.15, 0.2) is 0 Å². The van der Waals surface area contributed by atoms with E-state index in [9.17, 15) is 4.79 Å². The van der Waals surface area contributed by atoms with Crippen LogP contribution in [-0.4, -0.2) is 33.6 Å². The Kier molecular flexibility index (Phi) is 4.51. The summed E-state index contributed by atoms with van der Waals surface area (Å²) in [6.45, 7) is 3.26. The summed E-state index contributed by atoms with van der Waals surface area (Å²) in [5.41, 5.74) is 0.0784. The predicted molar refractivity (Wildman–Crippen MR) is 79.7 cm³/mol. The van der Waals surface area contributed by atoms with Gasteiger partial charge in [0, 0.05) is 24.8 Å². The Morgan fingerprint density at radius 2 is 1.85 bits per heavy atom. The van der Waals surface area contributed by atoms with Gasteiger partial charge in [-0.05, 0) is 44.7 Å². The minimum absolute atomic E-state index is 0.0784. The molecule has 0 atom stereocenters. The number of hydrogen-bond acceptors (Lipinski definition) is 3. The standard InChI is InChI=1S/C16H25N3O/c20-16-6-9-17-13-19(16)12-14-7-10-18(11-8-14)15-4-2-1-3-5-15/h6,9,13-15H,1-5,7-8,10-12H2. The fourth-order valence-electron chi connectivity index (χ4n) is 3.74. The number of hydrogen-bond donors (Lipinski definition) is 0. The van der Waals surface area contributed by atoms with Crippen LogP contribution in [0.25, 0.3) is 0 Å². The van der Waals surface area contributed by atoms with Crippen molar-refractivity contribution >= 4 is 0 Å². The number of rotatable bonds is 3. The molecular weight excluding hydrogens is 250 g/mol. The minimum atomic E-state index is 0.0784. The van der Waals surface area contributed by atoms with Crippen LogP contribution in [0, 0.1) is 5.92 Å². The highest BCUT2D eigenvalue weighted by Crippen LogP contribution is 2.27. The van der Waals surface area contributed by atoms with Gasteiger partial charge in [-0.25, -0.2) is 4.98 Å². The molecule has 0 aromatic carbocycles. The van der Waals surface area contributed by atoms with Crippen LogP contribution in [0.2, 0.25) is 0 Å². The Balaban J connectivity index is 1.51. The van der Waals surface area contributed by atoms with Crippen molar-refractivity contribution in [1.29, 1.82) is 0 Å². The molecule has 20 heavy (non-hydrogen) atoms. The Labute approximate surface area is 120 Å². The van der Waals surface area contributed by atoms with Crippen molar-refractivity contribution in [2.45, 2.75) is 57.5 Å². The van der Waals surface area contributed by atoms with Gasteiger partial charge in [-0.2, -0.15) is 0 Å². The molecule has 1 saturated carbocycles. The fraction of sp³-hybridized carbons (Fsp3) is 0.750. The molecule has 0 spiro atoms. The molecule has 3 rings (SSSR count). The van der Waals surface area contributed by atoms with Gasteiger partial charge in [0.05, 0.1) is 6.33 Å². The van der Waals surface area contributed by atoms with Gasteiger partial charge >= 0.3 is 0 Å². The molecule has 110 valence electrons. The van der Waals surface area contributed by atoms with Crippen LogP contribution < -0.4 is 5.56 Å². The topological polar surface area (TPSA) is 38.1 Å². The molecule has 0 N–H and O–H groups in total. The highest BCUT2D eigenvalue weighted by molar-refractivity contribution is 4.85. The zero-order valence-corrected chi connectivity index (χ0v) is 12.2. The third-order valence-electron chi connectivity index (χ3n) is 4.99. The van der Waals surface area contributed by atoms with Crippen LogP contribution in [0.3, 0.4) is 0 Å². The maximum Gasteiger partial charge on any atom is 0.253 e. The van der Waals surface area contributed by atoms with Crippen molar-refractivity contribution in [1.82, 2.24) is 14.5 Å². The van der Waals surface area contributed by atoms with Gasteiger partial charge in [-0.3, -0.25) is 9.36 Å². The Morgan fingerprint density at radius 3 is 2.55 bits per heavy atom. The lowest BCUT2D eigenvalue weighted by Crippen LogP contribution is -2.43. The second kappa shape index (κ2) is 6.53. The van der Waals surface area contributed by atoms with E-state index in [0.717, 1.165) is 12.6 Å². The van der Waals surface area contributed by atoms with Crippen molar-refractivity contribution in [3.63, 3.8) is 0 Å². The lowest BCUT2D eigenvalue weighted by molar-refractivity contribution is 0.101. The second-order valence-corrected chi connectivity index (χ2v) is 6.34. The van der Waals surface area contributed by atoms with E-state index in [2.05, 4.69) is 9.88 Å². The van der Waals surface area contributed by atoms with Crippen LogP contribution in [0.15, 0.2) is 23.4 Å². The third kappa shape index (κ3) is 3.29. The molecule has 1 aromatic heterocycles. The lowest BCUT2D eigenvalue weighted by Gasteiger charge is -2.39. The molecule has 1 aromatic rings. The zero-order chi connectivity index (χ0) is 13.8. The van der Waals surface area contributed by atoms with Gasteiger partial charge in [0.2, 0.25) is 0 Å². The maximum atomic E-state index is 11.7. The summed E-state index contributed by atoms with van der Waals surface area (Å²) in [6, 6.07) is 2.39. The summed E-state index contributed by atoms with van der Waals surface area (Å²) in [6.07, 6.45) is 12.7. The van der Waals surface area contributed by atoms with Crippen LogP contribution in [-0.2, 0) is 6.54 Å². The summed E-state index contributed by atoms with van der Waals surface area (Å²) in [7, 11) is 0. The van der Waals surface area contributed by atoms with E-state index in [1.807, 2.05) is 0 Å².